The summed E-state index contributed by atoms with van der Waals surface area (Å²) in [6, 6.07) is 4.96. The summed E-state index contributed by atoms with van der Waals surface area (Å²) in [5, 5.41) is 3.56. The summed E-state index contributed by atoms with van der Waals surface area (Å²) >= 11 is 3.44. The molecule has 0 radical (unpaired) electrons. The van der Waals surface area contributed by atoms with Crippen LogP contribution in [0.25, 0.3) is 0 Å². The fourth-order valence-corrected chi connectivity index (χ4v) is 4.59. The smallest absolute Gasteiger partial charge is 0.322 e. The van der Waals surface area contributed by atoms with Gasteiger partial charge in [-0.1, -0.05) is 35.2 Å². The second-order valence-electron chi connectivity index (χ2n) is 8.03. The first-order chi connectivity index (χ1) is 13.8. The molecule has 1 atom stereocenters. The van der Waals surface area contributed by atoms with Gasteiger partial charge in [-0.25, -0.2) is 4.79 Å². The van der Waals surface area contributed by atoms with Gasteiger partial charge < -0.3 is 10.2 Å². The van der Waals surface area contributed by atoms with E-state index in [-0.39, 0.29) is 18.9 Å². The Labute approximate surface area is 177 Å². The first-order valence-corrected chi connectivity index (χ1v) is 10.6. The number of hydrazine groups is 1. The van der Waals surface area contributed by atoms with Crippen LogP contribution in [0, 0.1) is 12.8 Å². The maximum absolute atomic E-state index is 12.8. The van der Waals surface area contributed by atoms with Crippen molar-refractivity contribution < 1.29 is 19.2 Å². The molecule has 9 heteroatoms. The lowest BCUT2D eigenvalue weighted by atomic mass is 9.82. The van der Waals surface area contributed by atoms with Crippen molar-refractivity contribution in [3.05, 3.63) is 28.2 Å². The summed E-state index contributed by atoms with van der Waals surface area (Å²) in [5.41, 5.74) is 3.27. The summed E-state index contributed by atoms with van der Waals surface area (Å²) in [7, 11) is 0. The average Bonchev–Trinajstić information content (AvgIpc) is 3.18. The number of imide groups is 1. The van der Waals surface area contributed by atoms with Gasteiger partial charge in [0.15, 0.2) is 0 Å². The zero-order valence-corrected chi connectivity index (χ0v) is 17.8. The Morgan fingerprint density at radius 3 is 2.62 bits per heavy atom. The van der Waals surface area contributed by atoms with Crippen LogP contribution in [0.4, 0.5) is 10.5 Å². The monoisotopic (exact) mass is 462 g/mol. The molecule has 0 aromatic heterocycles. The van der Waals surface area contributed by atoms with Gasteiger partial charge in [0.2, 0.25) is 11.8 Å². The molecule has 5 amide bonds. The molecule has 0 bridgehead atoms. The lowest BCUT2D eigenvalue weighted by molar-refractivity contribution is -0.141. The van der Waals surface area contributed by atoms with Crippen molar-refractivity contribution in [1.29, 1.82) is 0 Å². The van der Waals surface area contributed by atoms with Gasteiger partial charge >= 0.3 is 6.03 Å². The number of nitrogens with zero attached hydrogens (tertiary/aromatic N) is 2. The summed E-state index contributed by atoms with van der Waals surface area (Å²) in [4.78, 5) is 51.9. The standard InChI is InChI=1S/C20H23BrN4O4/c1-12-9-14(5-6-15(12)21)24-11-13(10-16(24)26)17(27)23-25-18(28)20(22-19(25)29)7-3-2-4-8-20/h5-6,9,13H,2-4,7-8,10-11H2,1H3,(H,22,29)(H,23,27). The van der Waals surface area contributed by atoms with Gasteiger partial charge in [-0.3, -0.25) is 19.8 Å². The number of hydrogen-bond donors (Lipinski definition) is 2. The van der Waals surface area contributed by atoms with E-state index in [2.05, 4.69) is 26.7 Å². The predicted octanol–water partition coefficient (Wildman–Crippen LogP) is 2.40. The molecule has 8 nitrogen and oxygen atoms in total. The third kappa shape index (κ3) is 3.52. The van der Waals surface area contributed by atoms with E-state index in [0.717, 1.165) is 40.0 Å². The number of anilines is 1. The SMILES string of the molecule is Cc1cc(N2CC(C(=O)NN3C(=O)NC4(CCCCC4)C3=O)CC2=O)ccc1Br. The van der Waals surface area contributed by atoms with Crippen LogP contribution in [-0.4, -0.2) is 40.8 Å². The highest BCUT2D eigenvalue weighted by Crippen LogP contribution is 2.33. The molecular formula is C20H23BrN4O4. The summed E-state index contributed by atoms with van der Waals surface area (Å²) in [5.74, 6) is -1.69. The molecule has 29 heavy (non-hydrogen) atoms. The Hall–Kier alpha value is -2.42. The third-order valence-corrected chi connectivity index (χ3v) is 6.93. The molecule has 1 unspecified atom stereocenters. The third-order valence-electron chi connectivity index (χ3n) is 6.04. The van der Waals surface area contributed by atoms with Crippen molar-refractivity contribution >= 4 is 45.4 Å². The zero-order valence-electron chi connectivity index (χ0n) is 16.2. The average molecular weight is 463 g/mol. The Bertz CT molecular complexity index is 896. The van der Waals surface area contributed by atoms with E-state index in [0.29, 0.717) is 12.8 Å². The number of rotatable bonds is 3. The lowest BCUT2D eigenvalue weighted by Crippen LogP contribution is -2.52. The summed E-state index contributed by atoms with van der Waals surface area (Å²) in [6.45, 7) is 2.14. The number of hydrogen-bond acceptors (Lipinski definition) is 4. The van der Waals surface area contributed by atoms with Crippen molar-refractivity contribution in [3.63, 3.8) is 0 Å². The minimum atomic E-state index is -0.894. The van der Waals surface area contributed by atoms with Crippen molar-refractivity contribution in [2.24, 2.45) is 5.92 Å². The van der Waals surface area contributed by atoms with Gasteiger partial charge in [0, 0.05) is 23.1 Å². The van der Waals surface area contributed by atoms with E-state index in [4.69, 9.17) is 0 Å². The van der Waals surface area contributed by atoms with Gasteiger partial charge in [-0.15, -0.1) is 0 Å². The lowest BCUT2D eigenvalue weighted by Gasteiger charge is -2.30. The fraction of sp³-hybridized carbons (Fsp3) is 0.500. The van der Waals surface area contributed by atoms with Gasteiger partial charge in [0.05, 0.1) is 5.92 Å². The molecule has 2 N–H and O–H groups in total. The number of carbonyl (C=O) groups excluding carboxylic acids is 4. The number of halogens is 1. The highest BCUT2D eigenvalue weighted by molar-refractivity contribution is 9.10. The molecule has 2 saturated heterocycles. The van der Waals surface area contributed by atoms with Gasteiger partial charge in [-0.05, 0) is 43.5 Å². The number of carbonyl (C=O) groups is 4. The molecular weight excluding hydrogens is 440 g/mol. The van der Waals surface area contributed by atoms with Crippen LogP contribution in [0.5, 0.6) is 0 Å². The quantitative estimate of drug-likeness (QED) is 0.673. The minimum absolute atomic E-state index is 0.0374. The molecule has 154 valence electrons. The van der Waals surface area contributed by atoms with E-state index in [1.54, 1.807) is 4.90 Å². The van der Waals surface area contributed by atoms with Crippen LogP contribution in [0.1, 0.15) is 44.1 Å². The van der Waals surface area contributed by atoms with E-state index >= 15 is 0 Å². The summed E-state index contributed by atoms with van der Waals surface area (Å²) in [6.07, 6.45) is 3.98. The number of amides is 5. The van der Waals surface area contributed by atoms with E-state index in [1.807, 2.05) is 25.1 Å². The van der Waals surface area contributed by atoms with Crippen LogP contribution >= 0.6 is 15.9 Å². The maximum atomic E-state index is 12.8. The van der Waals surface area contributed by atoms with Gasteiger partial charge in [0.1, 0.15) is 5.54 Å². The molecule has 4 rings (SSSR count). The maximum Gasteiger partial charge on any atom is 0.344 e. The molecule has 1 aliphatic carbocycles. The largest absolute Gasteiger partial charge is 0.344 e. The van der Waals surface area contributed by atoms with Crippen LogP contribution in [0.2, 0.25) is 0 Å². The van der Waals surface area contributed by atoms with Crippen LogP contribution < -0.4 is 15.6 Å². The molecule has 1 aromatic rings. The zero-order chi connectivity index (χ0) is 20.8. The van der Waals surface area contributed by atoms with E-state index in [1.165, 1.54) is 0 Å². The number of aryl methyl sites for hydroxylation is 1. The number of urea groups is 1. The van der Waals surface area contributed by atoms with Crippen molar-refractivity contribution in [1.82, 2.24) is 15.8 Å². The molecule has 1 aromatic carbocycles. The number of benzene rings is 1. The first kappa shape index (κ1) is 19.9. The van der Waals surface area contributed by atoms with Crippen LogP contribution in [0.15, 0.2) is 22.7 Å². The summed E-state index contributed by atoms with van der Waals surface area (Å²) < 4.78 is 0.942. The predicted molar refractivity (Wildman–Crippen MR) is 109 cm³/mol. The normalized spacial score (nSPS) is 23.7. The first-order valence-electron chi connectivity index (χ1n) is 9.84. The molecule has 2 aliphatic heterocycles. The molecule has 3 fully saturated rings. The Kier molecular flexibility index (Phi) is 5.10. The van der Waals surface area contributed by atoms with Crippen molar-refractivity contribution in [3.8, 4) is 0 Å². The highest BCUT2D eigenvalue weighted by atomic mass is 79.9. The molecule has 1 saturated carbocycles. The molecule has 1 spiro atoms. The van der Waals surface area contributed by atoms with Crippen LogP contribution in [-0.2, 0) is 14.4 Å². The highest BCUT2D eigenvalue weighted by Gasteiger charge is 2.52. The van der Waals surface area contributed by atoms with Crippen molar-refractivity contribution in [2.75, 3.05) is 11.4 Å². The topological polar surface area (TPSA) is 98.8 Å². The van der Waals surface area contributed by atoms with Gasteiger partial charge in [-0.2, -0.15) is 5.01 Å². The Morgan fingerprint density at radius 2 is 1.93 bits per heavy atom. The molecule has 3 aliphatic rings. The number of nitrogens with one attached hydrogen (secondary N) is 2. The van der Waals surface area contributed by atoms with Crippen LogP contribution in [0.3, 0.4) is 0 Å². The Morgan fingerprint density at radius 1 is 1.21 bits per heavy atom. The van der Waals surface area contributed by atoms with E-state index < -0.39 is 29.3 Å². The molecule has 2 heterocycles. The fourth-order valence-electron chi connectivity index (χ4n) is 4.35. The van der Waals surface area contributed by atoms with E-state index in [9.17, 15) is 19.2 Å². The minimum Gasteiger partial charge on any atom is -0.322 e. The second kappa shape index (κ2) is 7.44. The van der Waals surface area contributed by atoms with Crippen molar-refractivity contribution in [2.45, 2.75) is 51.0 Å². The second-order valence-corrected chi connectivity index (χ2v) is 8.88. The van der Waals surface area contributed by atoms with Gasteiger partial charge in [0.25, 0.3) is 5.91 Å². The Balaban J connectivity index is 1.44.